The molecule has 1 aliphatic carbocycles. The number of piperazine rings is 1. The molecule has 2 N–H and O–H groups in total. The molecule has 2 aliphatic rings. The number of guanidine groups is 1. The third-order valence-electron chi connectivity index (χ3n) is 5.09. The number of rotatable bonds is 7. The van der Waals surface area contributed by atoms with Gasteiger partial charge in [-0.1, -0.05) is 42.5 Å². The van der Waals surface area contributed by atoms with Crippen molar-refractivity contribution in [3.8, 4) is 0 Å². The van der Waals surface area contributed by atoms with Gasteiger partial charge in [-0.2, -0.15) is 0 Å². The first kappa shape index (κ1) is 22.2. The second-order valence-corrected chi connectivity index (χ2v) is 7.15. The highest BCUT2D eigenvalue weighted by Crippen LogP contribution is 2.09. The topological polar surface area (TPSA) is 42.9 Å². The van der Waals surface area contributed by atoms with Crippen molar-refractivity contribution >= 4 is 29.9 Å². The van der Waals surface area contributed by atoms with E-state index >= 15 is 0 Å². The lowest BCUT2D eigenvalue weighted by molar-refractivity contribution is 0.130. The molecule has 1 fully saturated rings. The molecule has 0 spiro atoms. The summed E-state index contributed by atoms with van der Waals surface area (Å²) < 4.78 is 0. The number of benzene rings is 1. The molecule has 1 saturated heterocycles. The monoisotopic (exact) mass is 483 g/mol. The zero-order chi connectivity index (χ0) is 18.0. The maximum absolute atomic E-state index is 4.77. The summed E-state index contributed by atoms with van der Waals surface area (Å²) in [5.41, 5.74) is 1.41. The molecule has 1 heterocycles. The summed E-state index contributed by atoms with van der Waals surface area (Å²) >= 11 is 0. The van der Waals surface area contributed by atoms with Crippen molar-refractivity contribution in [2.24, 2.45) is 4.99 Å². The molecule has 1 aliphatic heterocycles. The Morgan fingerprint density at radius 3 is 2.37 bits per heavy atom. The number of aliphatic imine (C=N–C) groups is 1. The van der Waals surface area contributed by atoms with Crippen molar-refractivity contribution in [3.05, 3.63) is 48.0 Å². The van der Waals surface area contributed by atoms with Crippen LogP contribution in [0.2, 0.25) is 0 Å². The Morgan fingerprint density at radius 1 is 1.04 bits per heavy atom. The van der Waals surface area contributed by atoms with Gasteiger partial charge in [-0.15, -0.1) is 24.0 Å². The Kier molecular flexibility index (Phi) is 10.2. The fraction of sp³-hybridized carbons (Fsp3) is 0.571. The van der Waals surface area contributed by atoms with Crippen LogP contribution >= 0.6 is 24.0 Å². The van der Waals surface area contributed by atoms with Crippen molar-refractivity contribution in [1.82, 2.24) is 20.4 Å². The molecule has 3 rings (SSSR count). The fourth-order valence-corrected chi connectivity index (χ4v) is 3.56. The Bertz CT molecular complexity index is 573. The van der Waals surface area contributed by atoms with E-state index in [0.717, 1.165) is 71.2 Å². The van der Waals surface area contributed by atoms with Gasteiger partial charge >= 0.3 is 0 Å². The van der Waals surface area contributed by atoms with Crippen LogP contribution in [0.5, 0.6) is 0 Å². The summed E-state index contributed by atoms with van der Waals surface area (Å²) in [6.07, 6.45) is 6.70. The molecule has 1 aromatic rings. The molecule has 0 bridgehead atoms. The third kappa shape index (κ3) is 7.79. The van der Waals surface area contributed by atoms with E-state index in [0.29, 0.717) is 6.04 Å². The highest BCUT2D eigenvalue weighted by Gasteiger charge is 2.16. The lowest BCUT2D eigenvalue weighted by Crippen LogP contribution is -2.47. The quantitative estimate of drug-likeness (QED) is 0.271. The van der Waals surface area contributed by atoms with Crippen LogP contribution in [0.15, 0.2) is 47.5 Å². The van der Waals surface area contributed by atoms with Gasteiger partial charge in [-0.25, -0.2) is 0 Å². The predicted octanol–water partition coefficient (Wildman–Crippen LogP) is 2.70. The van der Waals surface area contributed by atoms with E-state index in [1.165, 1.54) is 5.56 Å². The third-order valence-corrected chi connectivity index (χ3v) is 5.09. The molecular weight excluding hydrogens is 449 g/mol. The van der Waals surface area contributed by atoms with E-state index in [9.17, 15) is 0 Å². The Morgan fingerprint density at radius 2 is 1.70 bits per heavy atom. The summed E-state index contributed by atoms with van der Waals surface area (Å²) in [4.78, 5) is 9.85. The van der Waals surface area contributed by atoms with Gasteiger partial charge in [0.1, 0.15) is 0 Å². The van der Waals surface area contributed by atoms with Crippen LogP contribution in [0, 0.1) is 0 Å². The van der Waals surface area contributed by atoms with Gasteiger partial charge in [-0.3, -0.25) is 14.8 Å². The first-order valence-corrected chi connectivity index (χ1v) is 10.0. The molecule has 0 atom stereocenters. The van der Waals surface area contributed by atoms with Gasteiger partial charge in [0, 0.05) is 51.9 Å². The minimum atomic E-state index is 0. The average molecular weight is 483 g/mol. The van der Waals surface area contributed by atoms with Crippen LogP contribution in [0.1, 0.15) is 25.3 Å². The summed E-state index contributed by atoms with van der Waals surface area (Å²) in [7, 11) is 0. The zero-order valence-electron chi connectivity index (χ0n) is 16.4. The molecule has 6 heteroatoms. The van der Waals surface area contributed by atoms with E-state index in [2.05, 4.69) is 69.8 Å². The standard InChI is InChI=1S/C21H33N5.HI/c1-2-22-21(24-20-10-6-7-11-20)23-12-13-25-14-16-26(17-15-25)18-19-8-4-3-5-9-19;/h3-9,20H,2,10-18H2,1H3,(H2,22,23,24);1H. The van der Waals surface area contributed by atoms with E-state index in [1.807, 2.05) is 0 Å². The minimum Gasteiger partial charge on any atom is -0.357 e. The molecule has 0 amide bonds. The summed E-state index contributed by atoms with van der Waals surface area (Å²) in [5, 5.41) is 6.90. The number of nitrogens with zero attached hydrogens (tertiary/aromatic N) is 3. The molecule has 0 aromatic heterocycles. The molecule has 5 nitrogen and oxygen atoms in total. The number of nitrogens with one attached hydrogen (secondary N) is 2. The van der Waals surface area contributed by atoms with Crippen LogP contribution in [0.25, 0.3) is 0 Å². The molecule has 150 valence electrons. The number of hydrogen-bond acceptors (Lipinski definition) is 3. The van der Waals surface area contributed by atoms with Crippen molar-refractivity contribution in [3.63, 3.8) is 0 Å². The summed E-state index contributed by atoms with van der Waals surface area (Å²) in [6.45, 7) is 10.6. The van der Waals surface area contributed by atoms with Gasteiger partial charge in [-0.05, 0) is 25.3 Å². The molecule has 0 saturated carbocycles. The van der Waals surface area contributed by atoms with E-state index in [-0.39, 0.29) is 24.0 Å². The van der Waals surface area contributed by atoms with Crippen molar-refractivity contribution in [1.29, 1.82) is 0 Å². The smallest absolute Gasteiger partial charge is 0.191 e. The van der Waals surface area contributed by atoms with Gasteiger partial charge in [0.15, 0.2) is 5.96 Å². The lowest BCUT2D eigenvalue weighted by Gasteiger charge is -2.34. The first-order valence-electron chi connectivity index (χ1n) is 10.0. The van der Waals surface area contributed by atoms with Crippen molar-refractivity contribution < 1.29 is 0 Å². The number of hydrogen-bond donors (Lipinski definition) is 2. The van der Waals surface area contributed by atoms with Gasteiger partial charge in [0.05, 0.1) is 6.54 Å². The first-order chi connectivity index (χ1) is 12.8. The maximum Gasteiger partial charge on any atom is 0.191 e. The molecule has 0 unspecified atom stereocenters. The average Bonchev–Trinajstić information content (AvgIpc) is 3.17. The lowest BCUT2D eigenvalue weighted by atomic mass is 10.2. The second kappa shape index (κ2) is 12.4. The van der Waals surface area contributed by atoms with Gasteiger partial charge in [0.2, 0.25) is 0 Å². The fourth-order valence-electron chi connectivity index (χ4n) is 3.56. The largest absolute Gasteiger partial charge is 0.357 e. The van der Waals surface area contributed by atoms with Crippen molar-refractivity contribution in [2.45, 2.75) is 32.4 Å². The van der Waals surface area contributed by atoms with Crippen LogP contribution < -0.4 is 10.6 Å². The molecule has 1 aromatic carbocycles. The Hall–Kier alpha value is -1.12. The van der Waals surface area contributed by atoms with E-state index < -0.39 is 0 Å². The van der Waals surface area contributed by atoms with Crippen LogP contribution in [0.3, 0.4) is 0 Å². The predicted molar refractivity (Wildman–Crippen MR) is 125 cm³/mol. The van der Waals surface area contributed by atoms with E-state index in [4.69, 9.17) is 4.99 Å². The normalized spacial score (nSPS) is 19.1. The molecule has 0 radical (unpaired) electrons. The highest BCUT2D eigenvalue weighted by molar-refractivity contribution is 14.0. The minimum absolute atomic E-state index is 0. The maximum atomic E-state index is 4.77. The SMILES string of the molecule is CCNC(=NCCN1CCN(Cc2ccccc2)CC1)NC1CC=CC1.I. The molecular formula is C21H34IN5. The van der Waals surface area contributed by atoms with Crippen molar-refractivity contribution in [2.75, 3.05) is 45.8 Å². The summed E-state index contributed by atoms with van der Waals surface area (Å²) in [6, 6.07) is 11.3. The van der Waals surface area contributed by atoms with Crippen LogP contribution in [0.4, 0.5) is 0 Å². The van der Waals surface area contributed by atoms with E-state index in [1.54, 1.807) is 0 Å². The molecule has 27 heavy (non-hydrogen) atoms. The Labute approximate surface area is 181 Å². The van der Waals surface area contributed by atoms with Gasteiger partial charge in [0.25, 0.3) is 0 Å². The number of halogens is 1. The summed E-state index contributed by atoms with van der Waals surface area (Å²) in [5.74, 6) is 0.962. The van der Waals surface area contributed by atoms with Crippen LogP contribution in [-0.4, -0.2) is 67.6 Å². The second-order valence-electron chi connectivity index (χ2n) is 7.15. The van der Waals surface area contributed by atoms with Gasteiger partial charge < -0.3 is 10.6 Å². The zero-order valence-corrected chi connectivity index (χ0v) is 18.8. The Balaban J connectivity index is 0.00000261. The highest BCUT2D eigenvalue weighted by atomic mass is 127. The van der Waals surface area contributed by atoms with Crippen LogP contribution in [-0.2, 0) is 6.54 Å².